The minimum Gasteiger partial charge on any atom is -0.491 e. The van der Waals surface area contributed by atoms with Crippen molar-refractivity contribution >= 4 is 28.1 Å². The molecule has 0 aromatic heterocycles. The van der Waals surface area contributed by atoms with Crippen LogP contribution in [0.15, 0.2) is 66.7 Å². The van der Waals surface area contributed by atoms with E-state index in [-0.39, 0.29) is 12.5 Å². The Kier molecular flexibility index (Phi) is 5.74. The maximum absolute atomic E-state index is 12.3. The number of fused-ring (bicyclic) bond motifs is 1. The Morgan fingerprint density at radius 3 is 2.50 bits per heavy atom. The number of ether oxygens (including phenoxy) is 1. The quantitative estimate of drug-likeness (QED) is 0.637. The lowest BCUT2D eigenvalue weighted by atomic mass is 10.1. The molecule has 0 atom stereocenters. The van der Waals surface area contributed by atoms with Crippen LogP contribution in [0.2, 0.25) is 0 Å². The number of benzene rings is 3. The molecule has 0 spiro atoms. The number of nitrogens with one attached hydrogen (secondary N) is 2. The number of hydrogen-bond acceptors (Lipinski definition) is 3. The summed E-state index contributed by atoms with van der Waals surface area (Å²) in [4.78, 5) is 12.3. The Balaban J connectivity index is 1.60. The molecule has 3 rings (SSSR count). The molecule has 0 aliphatic carbocycles. The highest BCUT2D eigenvalue weighted by molar-refractivity contribution is 5.95. The Labute approximate surface area is 154 Å². The second-order valence-corrected chi connectivity index (χ2v) is 6.66. The van der Waals surface area contributed by atoms with E-state index in [0.717, 1.165) is 11.1 Å². The molecule has 0 aliphatic heterocycles. The van der Waals surface area contributed by atoms with Gasteiger partial charge in [0, 0.05) is 5.69 Å². The van der Waals surface area contributed by atoms with Crippen molar-refractivity contribution in [2.24, 2.45) is 5.92 Å². The maximum atomic E-state index is 12.3. The lowest BCUT2D eigenvalue weighted by Crippen LogP contribution is -2.22. The number of hydrogen-bond donors (Lipinski definition) is 2. The van der Waals surface area contributed by atoms with Crippen LogP contribution in [0.1, 0.15) is 13.8 Å². The molecule has 4 nitrogen and oxygen atoms in total. The summed E-state index contributed by atoms with van der Waals surface area (Å²) in [5.74, 6) is 1.01. The molecule has 0 radical (unpaired) electrons. The summed E-state index contributed by atoms with van der Waals surface area (Å²) in [6.07, 6.45) is 0. The molecule has 2 N–H and O–H groups in total. The highest BCUT2D eigenvalue weighted by Crippen LogP contribution is 2.24. The molecule has 0 heterocycles. The number of carbonyl (C=O) groups excluding carboxylic acids is 1. The van der Waals surface area contributed by atoms with Crippen LogP contribution in [0.5, 0.6) is 5.75 Å². The van der Waals surface area contributed by atoms with Crippen molar-refractivity contribution in [3.05, 3.63) is 66.7 Å². The van der Waals surface area contributed by atoms with Gasteiger partial charge in [0.2, 0.25) is 5.91 Å². The lowest BCUT2D eigenvalue weighted by molar-refractivity contribution is -0.114. The summed E-state index contributed by atoms with van der Waals surface area (Å²) in [5, 5.41) is 8.41. The lowest BCUT2D eigenvalue weighted by Gasteiger charge is -2.14. The van der Waals surface area contributed by atoms with Crippen LogP contribution < -0.4 is 15.4 Å². The van der Waals surface area contributed by atoms with E-state index in [1.54, 1.807) is 0 Å². The van der Waals surface area contributed by atoms with Gasteiger partial charge < -0.3 is 15.4 Å². The Morgan fingerprint density at radius 1 is 0.962 bits per heavy atom. The first-order valence-corrected chi connectivity index (χ1v) is 8.86. The second-order valence-electron chi connectivity index (χ2n) is 6.66. The number of para-hydroxylation sites is 2. The maximum Gasteiger partial charge on any atom is 0.243 e. The van der Waals surface area contributed by atoms with Crippen molar-refractivity contribution in [1.29, 1.82) is 0 Å². The smallest absolute Gasteiger partial charge is 0.243 e. The van der Waals surface area contributed by atoms with Crippen molar-refractivity contribution < 1.29 is 9.53 Å². The molecule has 1 amide bonds. The topological polar surface area (TPSA) is 50.4 Å². The minimum atomic E-state index is -0.112. The van der Waals surface area contributed by atoms with E-state index in [9.17, 15) is 4.79 Å². The number of amides is 1. The van der Waals surface area contributed by atoms with Gasteiger partial charge in [0.25, 0.3) is 0 Å². The first-order valence-electron chi connectivity index (χ1n) is 8.86. The molecular weight excluding hydrogens is 324 g/mol. The van der Waals surface area contributed by atoms with Crippen LogP contribution in [-0.4, -0.2) is 19.1 Å². The van der Waals surface area contributed by atoms with Gasteiger partial charge in [0.1, 0.15) is 5.75 Å². The largest absolute Gasteiger partial charge is 0.491 e. The van der Waals surface area contributed by atoms with Crippen molar-refractivity contribution in [3.8, 4) is 5.75 Å². The van der Waals surface area contributed by atoms with Gasteiger partial charge >= 0.3 is 0 Å². The van der Waals surface area contributed by atoms with Gasteiger partial charge in [-0.2, -0.15) is 0 Å². The van der Waals surface area contributed by atoms with E-state index >= 15 is 0 Å². The van der Waals surface area contributed by atoms with Gasteiger partial charge in [-0.15, -0.1) is 0 Å². The number of rotatable bonds is 7. The SMILES string of the molecule is CC(C)COc1ccccc1NC(=O)CNc1ccc2ccccc2c1. The van der Waals surface area contributed by atoms with Gasteiger partial charge in [0.05, 0.1) is 18.8 Å². The van der Waals surface area contributed by atoms with Crippen molar-refractivity contribution in [2.45, 2.75) is 13.8 Å². The molecule has 134 valence electrons. The first-order chi connectivity index (χ1) is 12.6. The van der Waals surface area contributed by atoms with E-state index < -0.39 is 0 Å². The number of carbonyl (C=O) groups is 1. The van der Waals surface area contributed by atoms with E-state index in [4.69, 9.17) is 4.74 Å². The molecule has 3 aromatic carbocycles. The molecule has 0 aliphatic rings. The molecular formula is C22H24N2O2. The summed E-state index contributed by atoms with van der Waals surface area (Å²) in [6.45, 7) is 4.99. The molecule has 0 bridgehead atoms. The normalized spacial score (nSPS) is 10.7. The van der Waals surface area contributed by atoms with E-state index in [1.165, 1.54) is 5.39 Å². The molecule has 0 unspecified atom stereocenters. The zero-order valence-corrected chi connectivity index (χ0v) is 15.2. The van der Waals surface area contributed by atoms with Gasteiger partial charge in [-0.05, 0) is 41.0 Å². The predicted octanol–water partition coefficient (Wildman–Crippen LogP) is 4.93. The Hall–Kier alpha value is -3.01. The van der Waals surface area contributed by atoms with Gasteiger partial charge in [-0.1, -0.05) is 56.3 Å². The third kappa shape index (κ3) is 4.76. The van der Waals surface area contributed by atoms with Crippen LogP contribution in [-0.2, 0) is 4.79 Å². The Morgan fingerprint density at radius 2 is 1.69 bits per heavy atom. The monoisotopic (exact) mass is 348 g/mol. The average Bonchev–Trinajstić information content (AvgIpc) is 2.65. The summed E-state index contributed by atoms with van der Waals surface area (Å²) in [7, 11) is 0. The van der Waals surface area contributed by atoms with Crippen LogP contribution in [0.25, 0.3) is 10.8 Å². The van der Waals surface area contributed by atoms with Gasteiger partial charge in [-0.25, -0.2) is 0 Å². The van der Waals surface area contributed by atoms with Crippen LogP contribution in [0.4, 0.5) is 11.4 Å². The standard InChI is InChI=1S/C22H24N2O2/c1-16(2)15-26-21-10-6-5-9-20(21)24-22(25)14-23-19-12-11-17-7-3-4-8-18(17)13-19/h3-13,16,23H,14-15H2,1-2H3,(H,24,25). The molecule has 3 aromatic rings. The van der Waals surface area contributed by atoms with Crippen LogP contribution in [0, 0.1) is 5.92 Å². The molecule has 4 heteroatoms. The molecule has 26 heavy (non-hydrogen) atoms. The fourth-order valence-electron chi connectivity index (χ4n) is 2.63. The fraction of sp³-hybridized carbons (Fsp3) is 0.227. The van der Waals surface area contributed by atoms with Crippen molar-refractivity contribution in [2.75, 3.05) is 23.8 Å². The molecule has 0 saturated heterocycles. The third-order valence-electron chi connectivity index (χ3n) is 3.94. The van der Waals surface area contributed by atoms with Crippen molar-refractivity contribution in [3.63, 3.8) is 0 Å². The zero-order valence-electron chi connectivity index (χ0n) is 15.2. The highest BCUT2D eigenvalue weighted by Gasteiger charge is 2.08. The second kappa shape index (κ2) is 8.39. The number of anilines is 2. The predicted molar refractivity (Wildman–Crippen MR) is 108 cm³/mol. The summed E-state index contributed by atoms with van der Waals surface area (Å²) in [6, 6.07) is 21.7. The van der Waals surface area contributed by atoms with Crippen molar-refractivity contribution in [1.82, 2.24) is 0 Å². The van der Waals surface area contributed by atoms with E-state index in [0.29, 0.717) is 24.0 Å². The minimum absolute atomic E-state index is 0.112. The Bertz CT molecular complexity index is 890. The van der Waals surface area contributed by atoms with Crippen LogP contribution in [0.3, 0.4) is 0 Å². The van der Waals surface area contributed by atoms with Gasteiger partial charge in [0.15, 0.2) is 0 Å². The summed E-state index contributed by atoms with van der Waals surface area (Å²) < 4.78 is 5.78. The highest BCUT2D eigenvalue weighted by atomic mass is 16.5. The first kappa shape index (κ1) is 17.8. The third-order valence-corrected chi connectivity index (χ3v) is 3.94. The molecule has 0 fully saturated rings. The average molecular weight is 348 g/mol. The van der Waals surface area contributed by atoms with E-state index in [2.05, 4.69) is 36.6 Å². The van der Waals surface area contributed by atoms with E-state index in [1.807, 2.05) is 54.6 Å². The zero-order chi connectivity index (χ0) is 18.4. The molecule has 0 saturated carbocycles. The van der Waals surface area contributed by atoms with Crippen LogP contribution >= 0.6 is 0 Å². The fourth-order valence-corrected chi connectivity index (χ4v) is 2.63. The summed E-state index contributed by atoms with van der Waals surface area (Å²) >= 11 is 0. The van der Waals surface area contributed by atoms with Gasteiger partial charge in [-0.3, -0.25) is 4.79 Å². The summed E-state index contributed by atoms with van der Waals surface area (Å²) in [5.41, 5.74) is 1.61.